The monoisotopic (exact) mass is 602 g/mol. The lowest BCUT2D eigenvalue weighted by Gasteiger charge is -2.32. The van der Waals surface area contributed by atoms with Gasteiger partial charge in [0.2, 0.25) is 21.8 Å². The van der Waals surface area contributed by atoms with Crippen molar-refractivity contribution in [3.63, 3.8) is 0 Å². The number of carbonyl (C=O) groups is 3. The van der Waals surface area contributed by atoms with Crippen LogP contribution in [0.2, 0.25) is 0 Å². The van der Waals surface area contributed by atoms with Crippen LogP contribution in [0, 0.1) is 6.92 Å². The quantitative estimate of drug-likeness (QED) is 0.280. The van der Waals surface area contributed by atoms with E-state index >= 15 is 0 Å². The number of fused-ring (bicyclic) bond motifs is 1. The molecule has 1 N–H and O–H groups in total. The number of nitrogens with zero attached hydrogens (tertiary/aromatic N) is 3. The lowest BCUT2D eigenvalue weighted by Crippen LogP contribution is -2.49. The molecule has 2 heterocycles. The molecule has 216 valence electrons. The van der Waals surface area contributed by atoms with Crippen molar-refractivity contribution in [2.45, 2.75) is 62.9 Å². The van der Waals surface area contributed by atoms with Gasteiger partial charge in [-0.25, -0.2) is 18.3 Å². The summed E-state index contributed by atoms with van der Waals surface area (Å²) in [7, 11) is -4.12. The zero-order chi connectivity index (χ0) is 29.6. The van der Waals surface area contributed by atoms with Crippen molar-refractivity contribution in [2.75, 3.05) is 10.2 Å². The molecule has 2 fully saturated rings. The van der Waals surface area contributed by atoms with E-state index in [0.29, 0.717) is 24.2 Å². The summed E-state index contributed by atoms with van der Waals surface area (Å²) in [4.78, 5) is 44.3. The number of rotatable bonds is 7. The van der Waals surface area contributed by atoms with Gasteiger partial charge in [-0.15, -0.1) is 11.3 Å². The highest BCUT2D eigenvalue weighted by atomic mass is 32.2. The van der Waals surface area contributed by atoms with Crippen LogP contribution >= 0.6 is 11.3 Å². The van der Waals surface area contributed by atoms with Gasteiger partial charge in [0.05, 0.1) is 27.2 Å². The van der Waals surface area contributed by atoms with Crippen molar-refractivity contribution in [1.29, 1.82) is 0 Å². The SMILES string of the molecule is CC(=O)Nc1ccc(S(=O)(=O)N(C2CCCC2)C2CC(=O)N(c3ccc(-c4nc5ccc(C)cc5s4)cc3)C2=O)cc1. The van der Waals surface area contributed by atoms with Crippen LogP contribution in [0.25, 0.3) is 20.8 Å². The predicted octanol–water partition coefficient (Wildman–Crippen LogP) is 5.50. The van der Waals surface area contributed by atoms with E-state index in [1.54, 1.807) is 23.5 Å². The average molecular weight is 603 g/mol. The smallest absolute Gasteiger partial charge is 0.252 e. The fourth-order valence-corrected chi connectivity index (χ4v) is 8.70. The Balaban J connectivity index is 1.28. The third-order valence-corrected chi connectivity index (χ3v) is 10.8. The van der Waals surface area contributed by atoms with E-state index in [9.17, 15) is 22.8 Å². The topological polar surface area (TPSA) is 117 Å². The van der Waals surface area contributed by atoms with Gasteiger partial charge in [0, 0.05) is 24.2 Å². The molecular weight excluding hydrogens is 572 g/mol. The molecule has 1 aromatic heterocycles. The van der Waals surface area contributed by atoms with Gasteiger partial charge in [-0.1, -0.05) is 18.9 Å². The Labute approximate surface area is 248 Å². The number of thiazole rings is 1. The molecule has 1 saturated heterocycles. The Morgan fingerprint density at radius 2 is 1.69 bits per heavy atom. The summed E-state index contributed by atoms with van der Waals surface area (Å²) in [5.74, 6) is -1.25. The molecule has 1 saturated carbocycles. The van der Waals surface area contributed by atoms with Gasteiger partial charge in [0.1, 0.15) is 11.0 Å². The number of carbonyl (C=O) groups excluding carboxylic acids is 3. The van der Waals surface area contributed by atoms with E-state index in [2.05, 4.69) is 11.4 Å². The highest BCUT2D eigenvalue weighted by Gasteiger charge is 2.49. The number of benzene rings is 3. The Hall–Kier alpha value is -3.93. The minimum absolute atomic E-state index is 0.0117. The summed E-state index contributed by atoms with van der Waals surface area (Å²) in [5.41, 5.74) is 3.80. The van der Waals surface area contributed by atoms with Crippen LogP contribution in [0.3, 0.4) is 0 Å². The van der Waals surface area contributed by atoms with Crippen molar-refractivity contribution in [3.8, 4) is 10.6 Å². The zero-order valence-corrected chi connectivity index (χ0v) is 24.9. The minimum Gasteiger partial charge on any atom is -0.326 e. The molecule has 11 heteroatoms. The lowest BCUT2D eigenvalue weighted by atomic mass is 10.1. The molecule has 3 amide bonds. The molecule has 42 heavy (non-hydrogen) atoms. The zero-order valence-electron chi connectivity index (χ0n) is 23.2. The Morgan fingerprint density at radius 3 is 2.36 bits per heavy atom. The highest BCUT2D eigenvalue weighted by molar-refractivity contribution is 7.89. The number of hydrogen-bond donors (Lipinski definition) is 1. The predicted molar refractivity (Wildman–Crippen MR) is 163 cm³/mol. The first-order valence-electron chi connectivity index (χ1n) is 13.9. The van der Waals surface area contributed by atoms with E-state index in [1.807, 2.05) is 31.2 Å². The van der Waals surface area contributed by atoms with Gasteiger partial charge in [0.15, 0.2) is 0 Å². The Bertz CT molecular complexity index is 1790. The second-order valence-corrected chi connectivity index (χ2v) is 13.7. The van der Waals surface area contributed by atoms with Crippen molar-refractivity contribution in [1.82, 2.24) is 9.29 Å². The van der Waals surface area contributed by atoms with Crippen molar-refractivity contribution >= 4 is 60.7 Å². The molecule has 0 radical (unpaired) electrons. The second kappa shape index (κ2) is 11.0. The van der Waals surface area contributed by atoms with Crippen molar-refractivity contribution < 1.29 is 22.8 Å². The number of anilines is 2. The first kappa shape index (κ1) is 28.2. The normalized spacial score (nSPS) is 18.0. The molecule has 3 aromatic carbocycles. The maximum atomic E-state index is 14.0. The van der Waals surface area contributed by atoms with Crippen LogP contribution in [-0.2, 0) is 24.4 Å². The third-order valence-electron chi connectivity index (χ3n) is 7.78. The van der Waals surface area contributed by atoms with E-state index in [1.165, 1.54) is 35.5 Å². The standard InChI is InChI=1S/C31H30N4O5S2/c1-19-7-16-26-28(17-19)41-30(33-26)21-8-12-23(13-9-21)34-29(37)18-27(31(34)38)35(24-5-3-4-6-24)42(39,40)25-14-10-22(11-15-25)32-20(2)36/h7-17,24,27H,3-6,18H2,1-2H3,(H,32,36). The van der Waals surface area contributed by atoms with Gasteiger partial charge < -0.3 is 5.32 Å². The third kappa shape index (κ3) is 5.23. The summed E-state index contributed by atoms with van der Waals surface area (Å²) in [6.07, 6.45) is 2.72. The molecule has 1 unspecified atom stereocenters. The van der Waals surface area contributed by atoms with Crippen LogP contribution in [-0.4, -0.2) is 47.5 Å². The summed E-state index contributed by atoms with van der Waals surface area (Å²) in [6.45, 7) is 3.41. The van der Waals surface area contributed by atoms with Crippen LogP contribution in [0.1, 0.15) is 44.6 Å². The number of amides is 3. The molecular formula is C31H30N4O5S2. The van der Waals surface area contributed by atoms with Gasteiger partial charge >= 0.3 is 0 Å². The fourth-order valence-electron chi connectivity index (χ4n) is 5.81. The first-order valence-corrected chi connectivity index (χ1v) is 16.1. The van der Waals surface area contributed by atoms with Gasteiger partial charge in [-0.3, -0.25) is 14.4 Å². The van der Waals surface area contributed by atoms with E-state index in [-0.39, 0.29) is 23.3 Å². The molecule has 1 aliphatic heterocycles. The number of aromatic nitrogens is 1. The van der Waals surface area contributed by atoms with Gasteiger partial charge in [-0.05, 0) is 86.0 Å². The maximum Gasteiger partial charge on any atom is 0.252 e. The van der Waals surface area contributed by atoms with E-state index in [4.69, 9.17) is 4.98 Å². The molecule has 0 bridgehead atoms. The molecule has 1 atom stereocenters. The molecule has 0 spiro atoms. The van der Waals surface area contributed by atoms with Gasteiger partial charge in [-0.2, -0.15) is 4.31 Å². The highest BCUT2D eigenvalue weighted by Crippen LogP contribution is 2.37. The fraction of sp³-hybridized carbons (Fsp3) is 0.290. The van der Waals surface area contributed by atoms with E-state index < -0.39 is 27.9 Å². The van der Waals surface area contributed by atoms with Crippen molar-refractivity contribution in [3.05, 3.63) is 72.3 Å². The first-order chi connectivity index (χ1) is 20.1. The van der Waals surface area contributed by atoms with Crippen LogP contribution in [0.15, 0.2) is 71.6 Å². The summed E-state index contributed by atoms with van der Waals surface area (Å²) < 4.78 is 30.3. The lowest BCUT2D eigenvalue weighted by molar-refractivity contribution is -0.122. The largest absolute Gasteiger partial charge is 0.326 e. The average Bonchev–Trinajstić information content (AvgIpc) is 3.69. The van der Waals surface area contributed by atoms with Crippen LogP contribution in [0.4, 0.5) is 11.4 Å². The summed E-state index contributed by atoms with van der Waals surface area (Å²) in [5, 5.41) is 3.46. The Morgan fingerprint density at radius 1 is 1.00 bits per heavy atom. The Kier molecular flexibility index (Phi) is 7.42. The summed E-state index contributed by atoms with van der Waals surface area (Å²) in [6, 6.07) is 17.5. The maximum absolute atomic E-state index is 14.0. The van der Waals surface area contributed by atoms with Crippen LogP contribution < -0.4 is 10.2 Å². The molecule has 4 aromatic rings. The number of sulfonamides is 1. The number of imide groups is 1. The van der Waals surface area contributed by atoms with Gasteiger partial charge in [0.25, 0.3) is 5.91 Å². The number of hydrogen-bond acceptors (Lipinski definition) is 7. The van der Waals surface area contributed by atoms with E-state index in [0.717, 1.165) is 44.1 Å². The molecule has 9 nitrogen and oxygen atoms in total. The molecule has 1 aliphatic carbocycles. The number of aryl methyl sites for hydroxylation is 1. The summed E-state index contributed by atoms with van der Waals surface area (Å²) >= 11 is 1.57. The molecule has 2 aliphatic rings. The van der Waals surface area contributed by atoms with Crippen LogP contribution in [0.5, 0.6) is 0 Å². The second-order valence-electron chi connectivity index (χ2n) is 10.8. The minimum atomic E-state index is -4.12. The molecule has 6 rings (SSSR count). The van der Waals surface area contributed by atoms with Crippen molar-refractivity contribution in [2.24, 2.45) is 0 Å². The number of nitrogens with one attached hydrogen (secondary N) is 1.